The molecule has 1 N–H and O–H groups in total. The molecule has 18 heavy (non-hydrogen) atoms. The summed E-state index contributed by atoms with van der Waals surface area (Å²) >= 11 is 0. The lowest BCUT2D eigenvalue weighted by Gasteiger charge is -2.23. The average Bonchev–Trinajstić information content (AvgIpc) is 2.67. The Balaban J connectivity index is 2.61. The zero-order chi connectivity index (χ0) is 14.0. The predicted octanol–water partition coefficient (Wildman–Crippen LogP) is 2.64. The van der Waals surface area contributed by atoms with Crippen LogP contribution in [0.2, 0.25) is 0 Å². The van der Waals surface area contributed by atoms with Crippen LogP contribution in [0.1, 0.15) is 40.5 Å². The molecule has 0 amide bonds. The summed E-state index contributed by atoms with van der Waals surface area (Å²) in [6.07, 6.45) is 6.48. The van der Waals surface area contributed by atoms with Gasteiger partial charge in [-0.05, 0) is 39.7 Å². The van der Waals surface area contributed by atoms with Gasteiger partial charge in [-0.3, -0.25) is 4.79 Å². The molecule has 0 unspecified atom stereocenters. The van der Waals surface area contributed by atoms with Crippen LogP contribution in [0, 0.1) is 5.92 Å². The standard InChI is InChI=1S/C15H24O3/c1-6-15(5)10-8-13(18-15)11(2)12(16)7-9-14(3,4)17/h6-7,9,11,13,17H,1,8,10H2,2-5H3/b9-7+/t11-,13+,15-/m0/s1. The van der Waals surface area contributed by atoms with E-state index in [0.29, 0.717) is 0 Å². The number of hydrogen-bond acceptors (Lipinski definition) is 3. The van der Waals surface area contributed by atoms with E-state index in [9.17, 15) is 9.90 Å². The van der Waals surface area contributed by atoms with E-state index < -0.39 is 5.60 Å². The van der Waals surface area contributed by atoms with E-state index in [2.05, 4.69) is 6.58 Å². The SMILES string of the molecule is C=C[C@@]1(C)CC[C@H]([C@@H](C)C(=O)/C=C/C(C)(C)O)O1. The molecule has 0 bridgehead atoms. The number of carbonyl (C=O) groups is 1. The summed E-state index contributed by atoms with van der Waals surface area (Å²) < 4.78 is 5.88. The number of ketones is 1. The van der Waals surface area contributed by atoms with Gasteiger partial charge in [0.05, 0.1) is 17.3 Å². The van der Waals surface area contributed by atoms with Crippen molar-refractivity contribution < 1.29 is 14.6 Å². The van der Waals surface area contributed by atoms with Gasteiger partial charge < -0.3 is 9.84 Å². The first kappa shape index (κ1) is 15.1. The van der Waals surface area contributed by atoms with E-state index in [-0.39, 0.29) is 23.4 Å². The maximum absolute atomic E-state index is 12.0. The normalized spacial score (nSPS) is 30.6. The molecule has 1 aliphatic heterocycles. The molecule has 102 valence electrons. The lowest BCUT2D eigenvalue weighted by atomic mass is 9.94. The highest BCUT2D eigenvalue weighted by Crippen LogP contribution is 2.34. The van der Waals surface area contributed by atoms with E-state index in [0.717, 1.165) is 12.8 Å². The van der Waals surface area contributed by atoms with Gasteiger partial charge in [0.1, 0.15) is 0 Å². The zero-order valence-corrected chi connectivity index (χ0v) is 11.8. The minimum absolute atomic E-state index is 0.00422. The second-order valence-electron chi connectivity index (χ2n) is 5.89. The molecular formula is C15H24O3. The van der Waals surface area contributed by atoms with Crippen LogP contribution in [0.25, 0.3) is 0 Å². The lowest BCUT2D eigenvalue weighted by molar-refractivity contribution is -0.123. The van der Waals surface area contributed by atoms with E-state index >= 15 is 0 Å². The van der Waals surface area contributed by atoms with Crippen molar-refractivity contribution in [3.05, 3.63) is 24.8 Å². The molecule has 1 rings (SSSR count). The first-order valence-electron chi connectivity index (χ1n) is 6.44. The van der Waals surface area contributed by atoms with Crippen molar-refractivity contribution in [1.29, 1.82) is 0 Å². The molecule has 1 heterocycles. The number of carbonyl (C=O) groups excluding carboxylic acids is 1. The van der Waals surface area contributed by atoms with Crippen LogP contribution in [0.15, 0.2) is 24.8 Å². The third kappa shape index (κ3) is 4.07. The van der Waals surface area contributed by atoms with Crippen molar-refractivity contribution >= 4 is 5.78 Å². The van der Waals surface area contributed by atoms with Crippen LogP contribution in [0.3, 0.4) is 0 Å². The zero-order valence-electron chi connectivity index (χ0n) is 11.8. The van der Waals surface area contributed by atoms with Crippen LogP contribution in [0.5, 0.6) is 0 Å². The van der Waals surface area contributed by atoms with E-state index in [4.69, 9.17) is 4.74 Å². The average molecular weight is 252 g/mol. The van der Waals surface area contributed by atoms with Gasteiger partial charge in [0.2, 0.25) is 0 Å². The third-order valence-corrected chi connectivity index (χ3v) is 3.44. The van der Waals surface area contributed by atoms with Gasteiger partial charge in [-0.1, -0.05) is 19.1 Å². The maximum Gasteiger partial charge on any atom is 0.160 e. The molecule has 0 saturated carbocycles. The minimum atomic E-state index is -0.957. The fraction of sp³-hybridized carbons (Fsp3) is 0.667. The molecule has 1 aliphatic rings. The molecule has 0 aromatic heterocycles. The monoisotopic (exact) mass is 252 g/mol. The molecule has 3 nitrogen and oxygen atoms in total. The Morgan fingerprint density at radius 3 is 2.67 bits per heavy atom. The van der Waals surface area contributed by atoms with Crippen LogP contribution in [-0.2, 0) is 9.53 Å². The van der Waals surface area contributed by atoms with Gasteiger partial charge in [-0.25, -0.2) is 0 Å². The minimum Gasteiger partial charge on any atom is -0.386 e. The predicted molar refractivity (Wildman–Crippen MR) is 72.3 cm³/mol. The molecule has 0 aromatic carbocycles. The Labute approximate surface area is 110 Å². The first-order chi connectivity index (χ1) is 8.17. The number of aliphatic hydroxyl groups is 1. The van der Waals surface area contributed by atoms with E-state index in [1.807, 2.05) is 13.8 Å². The highest BCUT2D eigenvalue weighted by molar-refractivity contribution is 5.92. The van der Waals surface area contributed by atoms with E-state index in [1.165, 1.54) is 12.2 Å². The molecule has 0 radical (unpaired) electrons. The van der Waals surface area contributed by atoms with Crippen molar-refractivity contribution in [3.8, 4) is 0 Å². The third-order valence-electron chi connectivity index (χ3n) is 3.44. The van der Waals surface area contributed by atoms with Gasteiger partial charge >= 0.3 is 0 Å². The van der Waals surface area contributed by atoms with Gasteiger partial charge in [0.25, 0.3) is 0 Å². The van der Waals surface area contributed by atoms with Crippen LogP contribution < -0.4 is 0 Å². The Morgan fingerprint density at radius 2 is 2.22 bits per heavy atom. The molecule has 0 aliphatic carbocycles. The summed E-state index contributed by atoms with van der Waals surface area (Å²) in [6, 6.07) is 0. The highest BCUT2D eigenvalue weighted by Gasteiger charge is 2.37. The molecule has 0 spiro atoms. The Kier molecular flexibility index (Phi) is 4.51. The van der Waals surface area contributed by atoms with Crippen molar-refractivity contribution in [3.63, 3.8) is 0 Å². The van der Waals surface area contributed by atoms with Crippen LogP contribution >= 0.6 is 0 Å². The van der Waals surface area contributed by atoms with Crippen molar-refractivity contribution in [1.82, 2.24) is 0 Å². The summed E-state index contributed by atoms with van der Waals surface area (Å²) in [5.74, 6) is -0.194. The highest BCUT2D eigenvalue weighted by atomic mass is 16.5. The molecule has 3 atom stereocenters. The molecule has 1 fully saturated rings. The number of rotatable bonds is 5. The topological polar surface area (TPSA) is 46.5 Å². The van der Waals surface area contributed by atoms with Gasteiger partial charge in [-0.2, -0.15) is 0 Å². The van der Waals surface area contributed by atoms with E-state index in [1.54, 1.807) is 19.9 Å². The van der Waals surface area contributed by atoms with Gasteiger partial charge in [0, 0.05) is 5.92 Å². The quantitative estimate of drug-likeness (QED) is 0.604. The number of hydrogen-bond donors (Lipinski definition) is 1. The summed E-state index contributed by atoms with van der Waals surface area (Å²) in [5.41, 5.74) is -1.26. The molecule has 3 heteroatoms. The van der Waals surface area contributed by atoms with Crippen LogP contribution in [0.4, 0.5) is 0 Å². The Morgan fingerprint density at radius 1 is 1.61 bits per heavy atom. The Hall–Kier alpha value is -0.930. The van der Waals surface area contributed by atoms with Crippen molar-refractivity contribution in [2.45, 2.75) is 57.8 Å². The fourth-order valence-corrected chi connectivity index (χ4v) is 2.02. The summed E-state index contributed by atoms with van der Waals surface area (Å²) in [5, 5.41) is 9.55. The largest absolute Gasteiger partial charge is 0.386 e. The lowest BCUT2D eigenvalue weighted by Crippen LogP contribution is -2.29. The molecular weight excluding hydrogens is 228 g/mol. The number of ether oxygens (including phenoxy) is 1. The second-order valence-corrected chi connectivity index (χ2v) is 5.89. The number of allylic oxidation sites excluding steroid dienone is 1. The van der Waals surface area contributed by atoms with Crippen LogP contribution in [-0.4, -0.2) is 28.2 Å². The molecule has 1 saturated heterocycles. The maximum atomic E-state index is 12.0. The summed E-state index contributed by atoms with van der Waals surface area (Å²) in [4.78, 5) is 12.0. The Bertz CT molecular complexity index is 351. The molecule has 0 aromatic rings. The summed E-state index contributed by atoms with van der Waals surface area (Å²) in [6.45, 7) is 10.9. The van der Waals surface area contributed by atoms with Gasteiger partial charge in [0.15, 0.2) is 5.78 Å². The van der Waals surface area contributed by atoms with Crippen molar-refractivity contribution in [2.24, 2.45) is 5.92 Å². The second kappa shape index (κ2) is 5.37. The first-order valence-corrected chi connectivity index (χ1v) is 6.44. The fourth-order valence-electron chi connectivity index (χ4n) is 2.02. The summed E-state index contributed by atoms with van der Waals surface area (Å²) in [7, 11) is 0. The smallest absolute Gasteiger partial charge is 0.160 e. The van der Waals surface area contributed by atoms with Gasteiger partial charge in [-0.15, -0.1) is 6.58 Å². The van der Waals surface area contributed by atoms with Crippen molar-refractivity contribution in [2.75, 3.05) is 0 Å².